The van der Waals surface area contributed by atoms with Crippen LogP contribution in [0.4, 0.5) is 0 Å². The Bertz CT molecular complexity index is 417. The van der Waals surface area contributed by atoms with Crippen LogP contribution in [-0.2, 0) is 0 Å². The monoisotopic (exact) mass is 282 g/mol. The highest BCUT2D eigenvalue weighted by Gasteiger charge is 2.23. The summed E-state index contributed by atoms with van der Waals surface area (Å²) in [7, 11) is 0. The third kappa shape index (κ3) is 3.87. The lowest BCUT2D eigenvalue weighted by Gasteiger charge is -2.30. The summed E-state index contributed by atoms with van der Waals surface area (Å²) in [5, 5.41) is 10.5. The van der Waals surface area contributed by atoms with Crippen LogP contribution in [0, 0.1) is 5.92 Å². The van der Waals surface area contributed by atoms with E-state index in [1.807, 2.05) is 12.1 Å². The lowest BCUT2D eigenvalue weighted by molar-refractivity contribution is 0.115. The number of aliphatic hydroxyl groups is 1. The summed E-state index contributed by atoms with van der Waals surface area (Å²) in [6.07, 6.45) is 5.73. The fourth-order valence-electron chi connectivity index (χ4n) is 2.85. The van der Waals surface area contributed by atoms with Gasteiger partial charge in [0.15, 0.2) is 0 Å². The summed E-state index contributed by atoms with van der Waals surface area (Å²) in [5.74, 6) is 1.56. The zero-order valence-corrected chi connectivity index (χ0v) is 12.5. The first kappa shape index (κ1) is 14.7. The Kier molecular flexibility index (Phi) is 5.12. The van der Waals surface area contributed by atoms with Gasteiger partial charge < -0.3 is 9.84 Å². The normalized spacial score (nSPS) is 25.1. The maximum absolute atomic E-state index is 9.82. The molecule has 2 rings (SSSR count). The first-order chi connectivity index (χ1) is 9.10. The molecule has 0 radical (unpaired) electrons. The molecule has 0 bridgehead atoms. The minimum absolute atomic E-state index is 0.275. The number of ether oxygens (including phenoxy) is 1. The van der Waals surface area contributed by atoms with Crippen LogP contribution in [0.5, 0.6) is 5.75 Å². The maximum Gasteiger partial charge on any atom is 0.125 e. The van der Waals surface area contributed by atoms with Crippen LogP contribution in [0.25, 0.3) is 0 Å². The second-order valence-electron chi connectivity index (χ2n) is 5.54. The molecule has 1 aromatic rings. The molecular weight excluding hydrogens is 260 g/mol. The van der Waals surface area contributed by atoms with E-state index in [0.717, 1.165) is 30.1 Å². The van der Waals surface area contributed by atoms with Crippen molar-refractivity contribution in [3.63, 3.8) is 0 Å². The van der Waals surface area contributed by atoms with E-state index in [2.05, 4.69) is 6.92 Å². The molecule has 0 aromatic heterocycles. The summed E-state index contributed by atoms with van der Waals surface area (Å²) in [6.45, 7) is 3.99. The Morgan fingerprint density at radius 3 is 2.89 bits per heavy atom. The molecule has 1 saturated carbocycles. The van der Waals surface area contributed by atoms with Crippen molar-refractivity contribution in [1.29, 1.82) is 0 Å². The molecule has 1 aliphatic carbocycles. The summed E-state index contributed by atoms with van der Waals surface area (Å²) in [4.78, 5) is 0. The summed E-state index contributed by atoms with van der Waals surface area (Å²) in [5.41, 5.74) is 0.783. The molecular formula is C16H23ClO2. The van der Waals surface area contributed by atoms with Crippen molar-refractivity contribution in [1.82, 2.24) is 0 Å². The lowest BCUT2D eigenvalue weighted by atomic mass is 9.85. The minimum Gasteiger partial charge on any atom is -0.490 e. The third-order valence-electron chi connectivity index (χ3n) is 4.03. The first-order valence-corrected chi connectivity index (χ1v) is 7.62. The third-order valence-corrected chi connectivity index (χ3v) is 4.26. The van der Waals surface area contributed by atoms with E-state index in [1.165, 1.54) is 19.3 Å². The van der Waals surface area contributed by atoms with Gasteiger partial charge in [-0.05, 0) is 50.3 Å². The predicted octanol–water partition coefficient (Wildman–Crippen LogP) is 4.74. The van der Waals surface area contributed by atoms with Gasteiger partial charge in [0.2, 0.25) is 0 Å². The second-order valence-corrected chi connectivity index (χ2v) is 5.98. The zero-order chi connectivity index (χ0) is 13.8. The molecule has 106 valence electrons. The van der Waals surface area contributed by atoms with Crippen molar-refractivity contribution in [3.05, 3.63) is 28.8 Å². The van der Waals surface area contributed by atoms with Gasteiger partial charge in [-0.3, -0.25) is 0 Å². The Labute approximate surface area is 120 Å². The zero-order valence-electron chi connectivity index (χ0n) is 11.7. The Hall–Kier alpha value is -0.730. The SMILES string of the molecule is CCC1CCCC(Oc2ccc(Cl)cc2[C@@H](C)O)C1. The molecule has 2 unspecified atom stereocenters. The van der Waals surface area contributed by atoms with E-state index in [4.69, 9.17) is 16.3 Å². The number of halogens is 1. The highest BCUT2D eigenvalue weighted by Crippen LogP contribution is 2.33. The van der Waals surface area contributed by atoms with Crippen LogP contribution in [0.3, 0.4) is 0 Å². The maximum atomic E-state index is 9.82. The van der Waals surface area contributed by atoms with E-state index in [0.29, 0.717) is 5.02 Å². The predicted molar refractivity (Wildman–Crippen MR) is 78.8 cm³/mol. The van der Waals surface area contributed by atoms with Crippen molar-refractivity contribution < 1.29 is 9.84 Å². The Morgan fingerprint density at radius 1 is 1.42 bits per heavy atom. The average molecular weight is 283 g/mol. The van der Waals surface area contributed by atoms with Crippen molar-refractivity contribution in [3.8, 4) is 5.75 Å². The van der Waals surface area contributed by atoms with E-state index in [1.54, 1.807) is 13.0 Å². The van der Waals surface area contributed by atoms with Gasteiger partial charge in [-0.25, -0.2) is 0 Å². The quantitative estimate of drug-likeness (QED) is 0.864. The Balaban J connectivity index is 2.10. The van der Waals surface area contributed by atoms with Gasteiger partial charge in [-0.15, -0.1) is 0 Å². The standard InChI is InChI=1S/C16H23ClO2/c1-3-12-5-4-6-14(9-12)19-16-8-7-13(17)10-15(16)11(2)18/h7-8,10-12,14,18H,3-6,9H2,1-2H3/t11-,12?,14?/m1/s1. The van der Waals surface area contributed by atoms with Gasteiger partial charge in [-0.2, -0.15) is 0 Å². The van der Waals surface area contributed by atoms with E-state index >= 15 is 0 Å². The van der Waals surface area contributed by atoms with Gasteiger partial charge in [0.05, 0.1) is 12.2 Å². The molecule has 0 saturated heterocycles. The molecule has 2 nitrogen and oxygen atoms in total. The van der Waals surface area contributed by atoms with Crippen molar-refractivity contribution in [2.75, 3.05) is 0 Å². The highest BCUT2D eigenvalue weighted by atomic mass is 35.5. The molecule has 3 heteroatoms. The second kappa shape index (κ2) is 6.62. The van der Waals surface area contributed by atoms with Crippen LogP contribution >= 0.6 is 11.6 Å². The fourth-order valence-corrected chi connectivity index (χ4v) is 3.03. The number of hydrogen-bond donors (Lipinski definition) is 1. The fraction of sp³-hybridized carbons (Fsp3) is 0.625. The molecule has 0 spiro atoms. The van der Waals surface area contributed by atoms with Gasteiger partial charge in [0.25, 0.3) is 0 Å². The largest absolute Gasteiger partial charge is 0.490 e. The topological polar surface area (TPSA) is 29.5 Å². The number of benzene rings is 1. The Morgan fingerprint density at radius 2 is 2.21 bits per heavy atom. The smallest absolute Gasteiger partial charge is 0.125 e. The van der Waals surface area contributed by atoms with E-state index in [9.17, 15) is 5.11 Å². The molecule has 0 heterocycles. The van der Waals surface area contributed by atoms with Gasteiger partial charge in [0.1, 0.15) is 5.75 Å². The van der Waals surface area contributed by atoms with Crippen LogP contribution < -0.4 is 4.74 Å². The molecule has 1 fully saturated rings. The number of rotatable bonds is 4. The molecule has 3 atom stereocenters. The molecule has 1 N–H and O–H groups in total. The van der Waals surface area contributed by atoms with E-state index in [-0.39, 0.29) is 6.10 Å². The van der Waals surface area contributed by atoms with Crippen LogP contribution in [0.2, 0.25) is 5.02 Å². The summed E-state index contributed by atoms with van der Waals surface area (Å²) < 4.78 is 6.12. The van der Waals surface area contributed by atoms with Gasteiger partial charge >= 0.3 is 0 Å². The summed E-state index contributed by atoms with van der Waals surface area (Å²) >= 11 is 5.98. The molecule has 1 aliphatic rings. The van der Waals surface area contributed by atoms with Crippen molar-refractivity contribution in [2.24, 2.45) is 5.92 Å². The van der Waals surface area contributed by atoms with Gasteiger partial charge in [0, 0.05) is 10.6 Å². The van der Waals surface area contributed by atoms with Gasteiger partial charge in [-0.1, -0.05) is 31.4 Å². The van der Waals surface area contributed by atoms with E-state index < -0.39 is 6.10 Å². The molecule has 1 aromatic carbocycles. The van der Waals surface area contributed by atoms with Crippen LogP contribution in [0.15, 0.2) is 18.2 Å². The lowest BCUT2D eigenvalue weighted by Crippen LogP contribution is -2.25. The summed E-state index contributed by atoms with van der Waals surface area (Å²) in [6, 6.07) is 5.49. The highest BCUT2D eigenvalue weighted by molar-refractivity contribution is 6.30. The molecule has 0 amide bonds. The number of aliphatic hydroxyl groups excluding tert-OH is 1. The van der Waals surface area contributed by atoms with Crippen molar-refractivity contribution >= 4 is 11.6 Å². The van der Waals surface area contributed by atoms with Crippen molar-refractivity contribution in [2.45, 2.75) is 58.2 Å². The van der Waals surface area contributed by atoms with Crippen LogP contribution in [0.1, 0.15) is 57.6 Å². The minimum atomic E-state index is -0.556. The average Bonchev–Trinajstić information content (AvgIpc) is 2.41. The van der Waals surface area contributed by atoms with Crippen LogP contribution in [-0.4, -0.2) is 11.2 Å². The molecule has 19 heavy (non-hydrogen) atoms. The number of hydrogen-bond acceptors (Lipinski definition) is 2. The molecule has 0 aliphatic heterocycles. The first-order valence-electron chi connectivity index (χ1n) is 7.24.